The van der Waals surface area contributed by atoms with Crippen LogP contribution in [0.1, 0.15) is 78.6 Å². The van der Waals surface area contributed by atoms with E-state index < -0.39 is 0 Å². The highest BCUT2D eigenvalue weighted by Crippen LogP contribution is 2.40. The summed E-state index contributed by atoms with van der Waals surface area (Å²) >= 11 is 2.12. The van der Waals surface area contributed by atoms with Gasteiger partial charge in [-0.05, 0) is 56.1 Å². The second kappa shape index (κ2) is 7.05. The average molecular weight is 298 g/mol. The van der Waals surface area contributed by atoms with Crippen LogP contribution in [-0.2, 0) is 0 Å². The number of thioether (sulfide) groups is 1. The molecule has 2 rings (SSSR count). The summed E-state index contributed by atoms with van der Waals surface area (Å²) in [5, 5.41) is 3.95. The standard InChI is InChI=1S/C18H35NS/c1-17(2,3)15-8-7-9-16(11-10-15)19-14-18(20-4)12-5-6-13-18/h15-16,19H,5-14H2,1-4H3. The van der Waals surface area contributed by atoms with Crippen molar-refractivity contribution in [3.8, 4) is 0 Å². The van der Waals surface area contributed by atoms with Crippen LogP contribution in [-0.4, -0.2) is 23.6 Å². The minimum absolute atomic E-state index is 0.501. The Morgan fingerprint density at radius 3 is 2.30 bits per heavy atom. The van der Waals surface area contributed by atoms with Crippen LogP contribution in [0.3, 0.4) is 0 Å². The van der Waals surface area contributed by atoms with Gasteiger partial charge >= 0.3 is 0 Å². The summed E-state index contributed by atoms with van der Waals surface area (Å²) in [7, 11) is 0. The number of hydrogen-bond donors (Lipinski definition) is 1. The quantitative estimate of drug-likeness (QED) is 0.712. The molecule has 0 radical (unpaired) electrons. The molecule has 0 amide bonds. The molecule has 2 fully saturated rings. The molecule has 118 valence electrons. The maximum Gasteiger partial charge on any atom is 0.0281 e. The summed E-state index contributed by atoms with van der Waals surface area (Å²) < 4.78 is 0.565. The first kappa shape index (κ1) is 16.7. The van der Waals surface area contributed by atoms with E-state index in [1.807, 2.05) is 0 Å². The van der Waals surface area contributed by atoms with E-state index in [-0.39, 0.29) is 0 Å². The Morgan fingerprint density at radius 1 is 1.00 bits per heavy atom. The fourth-order valence-electron chi connectivity index (χ4n) is 4.17. The average Bonchev–Trinajstić information content (AvgIpc) is 2.73. The van der Waals surface area contributed by atoms with Crippen LogP contribution < -0.4 is 5.32 Å². The summed E-state index contributed by atoms with van der Waals surface area (Å²) in [6.45, 7) is 8.52. The third kappa shape index (κ3) is 4.40. The van der Waals surface area contributed by atoms with E-state index in [9.17, 15) is 0 Å². The van der Waals surface area contributed by atoms with Gasteiger partial charge < -0.3 is 5.32 Å². The van der Waals surface area contributed by atoms with Gasteiger partial charge in [0.15, 0.2) is 0 Å². The van der Waals surface area contributed by atoms with Crippen LogP contribution in [0.4, 0.5) is 0 Å². The molecule has 2 unspecified atom stereocenters. The molecule has 20 heavy (non-hydrogen) atoms. The van der Waals surface area contributed by atoms with E-state index in [1.165, 1.54) is 64.3 Å². The van der Waals surface area contributed by atoms with Gasteiger partial charge in [0.1, 0.15) is 0 Å². The molecular formula is C18H35NS. The first-order chi connectivity index (χ1) is 9.45. The topological polar surface area (TPSA) is 12.0 Å². The normalized spacial score (nSPS) is 31.2. The first-order valence-corrected chi connectivity index (χ1v) is 9.96. The SMILES string of the molecule is CSC1(CNC2CCCC(C(C)(C)C)CC2)CCCC1. The molecule has 0 aliphatic heterocycles. The maximum absolute atomic E-state index is 3.95. The third-order valence-electron chi connectivity index (χ3n) is 5.85. The van der Waals surface area contributed by atoms with Crippen molar-refractivity contribution in [1.82, 2.24) is 5.32 Å². The van der Waals surface area contributed by atoms with Gasteiger partial charge in [-0.1, -0.05) is 40.0 Å². The summed E-state index contributed by atoms with van der Waals surface area (Å²) in [4.78, 5) is 0. The molecule has 0 bridgehead atoms. The molecule has 2 aliphatic carbocycles. The molecule has 1 nitrogen and oxygen atoms in total. The van der Waals surface area contributed by atoms with E-state index in [0.29, 0.717) is 10.2 Å². The highest BCUT2D eigenvalue weighted by molar-refractivity contribution is 8.00. The lowest BCUT2D eigenvalue weighted by molar-refractivity contribution is 0.213. The minimum atomic E-state index is 0.501. The van der Waals surface area contributed by atoms with Crippen molar-refractivity contribution in [2.75, 3.05) is 12.8 Å². The highest BCUT2D eigenvalue weighted by atomic mass is 32.2. The van der Waals surface area contributed by atoms with Gasteiger partial charge in [0.25, 0.3) is 0 Å². The zero-order valence-electron chi connectivity index (χ0n) is 14.1. The van der Waals surface area contributed by atoms with Gasteiger partial charge in [0, 0.05) is 17.3 Å². The van der Waals surface area contributed by atoms with Crippen LogP contribution in [0, 0.1) is 11.3 Å². The molecule has 2 heteroatoms. The van der Waals surface area contributed by atoms with Crippen molar-refractivity contribution in [3.63, 3.8) is 0 Å². The summed E-state index contributed by atoms with van der Waals surface area (Å²) in [6.07, 6.45) is 15.1. The molecule has 0 aromatic heterocycles. The molecule has 0 aromatic carbocycles. The van der Waals surface area contributed by atoms with E-state index in [1.54, 1.807) is 0 Å². The smallest absolute Gasteiger partial charge is 0.0281 e. The van der Waals surface area contributed by atoms with Gasteiger partial charge in [-0.3, -0.25) is 0 Å². The largest absolute Gasteiger partial charge is 0.313 e. The summed E-state index contributed by atoms with van der Waals surface area (Å²) in [5.41, 5.74) is 0.501. The van der Waals surface area contributed by atoms with E-state index in [4.69, 9.17) is 0 Å². The van der Waals surface area contributed by atoms with E-state index in [2.05, 4.69) is 44.1 Å². The predicted octanol–water partition coefficient (Wildman–Crippen LogP) is 5.25. The minimum Gasteiger partial charge on any atom is -0.313 e. The monoisotopic (exact) mass is 297 g/mol. The maximum atomic E-state index is 3.95. The Balaban J connectivity index is 1.79. The zero-order chi connectivity index (χ0) is 14.6. The molecule has 2 saturated carbocycles. The van der Waals surface area contributed by atoms with Crippen LogP contribution in [0.25, 0.3) is 0 Å². The Labute approximate surface area is 131 Å². The van der Waals surface area contributed by atoms with Crippen LogP contribution in [0.15, 0.2) is 0 Å². The summed E-state index contributed by atoms with van der Waals surface area (Å²) in [6, 6.07) is 0.784. The first-order valence-electron chi connectivity index (χ1n) is 8.74. The molecular weight excluding hydrogens is 262 g/mol. The Hall–Kier alpha value is 0.310. The van der Waals surface area contributed by atoms with Gasteiger partial charge in [0.05, 0.1) is 0 Å². The van der Waals surface area contributed by atoms with Crippen LogP contribution >= 0.6 is 11.8 Å². The van der Waals surface area contributed by atoms with Crippen molar-refractivity contribution in [2.24, 2.45) is 11.3 Å². The van der Waals surface area contributed by atoms with E-state index in [0.717, 1.165) is 12.0 Å². The molecule has 0 spiro atoms. The van der Waals surface area contributed by atoms with Gasteiger partial charge in [-0.25, -0.2) is 0 Å². The molecule has 0 aromatic rings. The summed E-state index contributed by atoms with van der Waals surface area (Å²) in [5.74, 6) is 0.926. The number of rotatable bonds is 4. The number of nitrogens with one attached hydrogen (secondary N) is 1. The zero-order valence-corrected chi connectivity index (χ0v) is 15.0. The third-order valence-corrected chi connectivity index (χ3v) is 7.27. The van der Waals surface area contributed by atoms with E-state index >= 15 is 0 Å². The lowest BCUT2D eigenvalue weighted by atomic mass is 9.76. The highest BCUT2D eigenvalue weighted by Gasteiger charge is 2.34. The van der Waals surface area contributed by atoms with Crippen LogP contribution in [0.5, 0.6) is 0 Å². The second-order valence-electron chi connectivity index (χ2n) is 8.24. The molecule has 1 N–H and O–H groups in total. The number of hydrogen-bond acceptors (Lipinski definition) is 2. The molecule has 0 heterocycles. The van der Waals surface area contributed by atoms with Crippen molar-refractivity contribution >= 4 is 11.8 Å². The van der Waals surface area contributed by atoms with Crippen molar-refractivity contribution < 1.29 is 0 Å². The molecule has 2 aliphatic rings. The fourth-order valence-corrected chi connectivity index (χ4v) is 5.10. The predicted molar refractivity (Wildman–Crippen MR) is 92.5 cm³/mol. The molecule has 0 saturated heterocycles. The lowest BCUT2D eigenvalue weighted by Crippen LogP contribution is -2.40. The second-order valence-corrected chi connectivity index (χ2v) is 9.52. The Kier molecular flexibility index (Phi) is 5.88. The van der Waals surface area contributed by atoms with Gasteiger partial charge in [-0.15, -0.1) is 0 Å². The van der Waals surface area contributed by atoms with Gasteiger partial charge in [-0.2, -0.15) is 11.8 Å². The Bertz CT molecular complexity index is 288. The molecule has 2 atom stereocenters. The fraction of sp³-hybridized carbons (Fsp3) is 1.00. The van der Waals surface area contributed by atoms with Crippen molar-refractivity contribution in [2.45, 2.75) is 89.3 Å². The van der Waals surface area contributed by atoms with Gasteiger partial charge in [0.2, 0.25) is 0 Å². The lowest BCUT2D eigenvalue weighted by Gasteiger charge is -2.31. The Morgan fingerprint density at radius 2 is 1.70 bits per heavy atom. The van der Waals surface area contributed by atoms with Crippen molar-refractivity contribution in [3.05, 3.63) is 0 Å². The van der Waals surface area contributed by atoms with Crippen molar-refractivity contribution in [1.29, 1.82) is 0 Å². The van der Waals surface area contributed by atoms with Crippen LogP contribution in [0.2, 0.25) is 0 Å².